The number of carbonyl (C=O) groups excluding carboxylic acids is 2. The Kier molecular flexibility index (Phi) is 10.9. The number of aryl methyl sites for hydroxylation is 2. The Morgan fingerprint density at radius 3 is 2.00 bits per heavy atom. The average molecular weight is 566 g/mol. The van der Waals surface area contributed by atoms with Crippen LogP contribution in [-0.4, -0.2) is 58.0 Å². The predicted octanol–water partition coefficient (Wildman–Crippen LogP) is 5.07. The molecule has 0 saturated heterocycles. The minimum Gasteiger partial charge on any atom is -0.497 e. The number of ether oxygens (including phenoxy) is 3. The average Bonchev–Trinajstić information content (AvgIpc) is 2.94. The second-order valence-electron chi connectivity index (χ2n) is 9.39. The number of benzene rings is 3. The molecular formula is C31H35NO7S. The normalized spacial score (nSPS) is 12.1. The van der Waals surface area contributed by atoms with E-state index in [1.165, 1.54) is 19.2 Å². The van der Waals surface area contributed by atoms with Gasteiger partial charge in [0, 0.05) is 6.54 Å². The number of hydrogen-bond acceptors (Lipinski definition) is 7. The maximum absolute atomic E-state index is 13.8. The van der Waals surface area contributed by atoms with Crippen LogP contribution in [-0.2, 0) is 37.1 Å². The highest BCUT2D eigenvalue weighted by molar-refractivity contribution is 7.92. The van der Waals surface area contributed by atoms with Crippen molar-refractivity contribution in [1.82, 2.24) is 4.90 Å². The third-order valence-corrected chi connectivity index (χ3v) is 7.93. The molecule has 0 N–H and O–H groups in total. The smallest absolute Gasteiger partial charge is 0.497 e. The monoisotopic (exact) mass is 565 g/mol. The molecule has 0 heterocycles. The molecule has 1 atom stereocenters. The Hall–Kier alpha value is -4.11. The predicted molar refractivity (Wildman–Crippen MR) is 153 cm³/mol. The van der Waals surface area contributed by atoms with E-state index in [9.17, 15) is 18.0 Å². The molecule has 0 fully saturated rings. The van der Waals surface area contributed by atoms with Gasteiger partial charge in [-0.3, -0.25) is 4.79 Å². The van der Waals surface area contributed by atoms with E-state index in [0.29, 0.717) is 12.2 Å². The van der Waals surface area contributed by atoms with Crippen molar-refractivity contribution in [2.75, 3.05) is 26.6 Å². The van der Waals surface area contributed by atoms with Crippen LogP contribution in [0.4, 0.5) is 4.79 Å². The highest BCUT2D eigenvalue weighted by atomic mass is 32.2. The Balaban J connectivity index is 1.96. The highest BCUT2D eigenvalue weighted by Crippen LogP contribution is 2.20. The second kappa shape index (κ2) is 14.3. The van der Waals surface area contributed by atoms with Crippen molar-refractivity contribution in [3.05, 3.63) is 107 Å². The summed E-state index contributed by atoms with van der Waals surface area (Å²) >= 11 is 0. The van der Waals surface area contributed by atoms with E-state index in [1.54, 1.807) is 36.3 Å². The third-order valence-electron chi connectivity index (χ3n) is 6.31. The first-order chi connectivity index (χ1) is 19.1. The van der Waals surface area contributed by atoms with E-state index in [1.807, 2.05) is 62.4 Å². The van der Waals surface area contributed by atoms with Gasteiger partial charge in [0.1, 0.15) is 18.1 Å². The van der Waals surface area contributed by atoms with Crippen LogP contribution in [0.5, 0.6) is 5.75 Å². The summed E-state index contributed by atoms with van der Waals surface area (Å²) < 4.78 is 41.2. The van der Waals surface area contributed by atoms with Crippen molar-refractivity contribution in [1.29, 1.82) is 0 Å². The van der Waals surface area contributed by atoms with Gasteiger partial charge in [-0.2, -0.15) is 0 Å². The van der Waals surface area contributed by atoms with Gasteiger partial charge in [0.2, 0.25) is 5.91 Å². The van der Waals surface area contributed by atoms with E-state index in [-0.39, 0.29) is 18.0 Å². The van der Waals surface area contributed by atoms with Gasteiger partial charge in [-0.25, -0.2) is 13.2 Å². The van der Waals surface area contributed by atoms with E-state index < -0.39 is 33.7 Å². The van der Waals surface area contributed by atoms with Crippen LogP contribution in [0.3, 0.4) is 0 Å². The van der Waals surface area contributed by atoms with E-state index >= 15 is 0 Å². The molecule has 0 saturated carbocycles. The minimum absolute atomic E-state index is 0.0694. The second-order valence-corrected chi connectivity index (χ2v) is 11.4. The first-order valence-corrected chi connectivity index (χ1v) is 14.4. The third kappa shape index (κ3) is 8.98. The first kappa shape index (κ1) is 30.4. The van der Waals surface area contributed by atoms with Gasteiger partial charge in [-0.05, 0) is 61.7 Å². The SMILES string of the molecule is COC(=O)OC/C=C/[C@@H](Cc1ccc(OC)cc1)N(Cc1ccc(C)cc1)C(=O)CS(=O)(=O)c1ccc(C)cc1. The lowest BCUT2D eigenvalue weighted by Gasteiger charge is -2.30. The highest BCUT2D eigenvalue weighted by Gasteiger charge is 2.28. The molecule has 3 aromatic rings. The zero-order valence-electron chi connectivity index (χ0n) is 23.2. The van der Waals surface area contributed by atoms with Crippen molar-refractivity contribution in [2.45, 2.75) is 37.8 Å². The quantitative estimate of drug-likeness (QED) is 0.223. The first-order valence-electron chi connectivity index (χ1n) is 12.8. The van der Waals surface area contributed by atoms with Crippen LogP contribution < -0.4 is 4.74 Å². The van der Waals surface area contributed by atoms with Crippen LogP contribution in [0, 0.1) is 13.8 Å². The molecule has 0 aliphatic carbocycles. The fraction of sp³-hybridized carbons (Fsp3) is 0.290. The number of nitrogens with zero attached hydrogens (tertiary/aromatic N) is 1. The summed E-state index contributed by atoms with van der Waals surface area (Å²) in [6.07, 6.45) is 2.93. The molecule has 0 radical (unpaired) electrons. The van der Waals surface area contributed by atoms with Crippen LogP contribution in [0.2, 0.25) is 0 Å². The Labute approximate surface area is 236 Å². The summed E-state index contributed by atoms with van der Waals surface area (Å²) in [6.45, 7) is 3.95. The summed E-state index contributed by atoms with van der Waals surface area (Å²) in [6, 6.07) is 21.0. The van der Waals surface area contributed by atoms with Gasteiger partial charge in [0.15, 0.2) is 9.84 Å². The van der Waals surface area contributed by atoms with Crippen LogP contribution >= 0.6 is 0 Å². The van der Waals surface area contributed by atoms with Gasteiger partial charge in [0.05, 0.1) is 25.2 Å². The van der Waals surface area contributed by atoms with Crippen LogP contribution in [0.1, 0.15) is 22.3 Å². The maximum Gasteiger partial charge on any atom is 0.508 e. The topological polar surface area (TPSA) is 99.2 Å². The van der Waals surface area contributed by atoms with E-state index in [4.69, 9.17) is 9.47 Å². The number of methoxy groups -OCH3 is 2. The molecule has 40 heavy (non-hydrogen) atoms. The number of amides is 1. The molecule has 9 heteroatoms. The zero-order valence-corrected chi connectivity index (χ0v) is 24.0. The Morgan fingerprint density at radius 2 is 1.43 bits per heavy atom. The van der Waals surface area contributed by atoms with Crippen LogP contribution in [0.15, 0.2) is 89.8 Å². The summed E-state index contributed by atoms with van der Waals surface area (Å²) in [4.78, 5) is 26.8. The molecule has 0 bridgehead atoms. The van der Waals surface area contributed by atoms with Crippen molar-refractivity contribution in [3.8, 4) is 5.75 Å². The molecule has 8 nitrogen and oxygen atoms in total. The molecule has 1 amide bonds. The number of rotatable bonds is 12. The Morgan fingerprint density at radius 1 is 0.850 bits per heavy atom. The van der Waals surface area contributed by atoms with Gasteiger partial charge in [0.25, 0.3) is 0 Å². The standard InChI is InChI=1S/C31H35NO7S/c1-23-7-11-26(12-8-23)21-32(30(33)22-40(35,36)29-17-9-24(2)10-18-29)27(6-5-19-39-31(34)38-4)20-25-13-15-28(37-3)16-14-25/h5-18,27H,19-22H2,1-4H3/b6-5+/t27-/m0/s1. The van der Waals surface area contributed by atoms with Crippen molar-refractivity contribution in [3.63, 3.8) is 0 Å². The number of hydrogen-bond donors (Lipinski definition) is 0. The van der Waals surface area contributed by atoms with Gasteiger partial charge < -0.3 is 19.1 Å². The molecular weight excluding hydrogens is 530 g/mol. The lowest BCUT2D eigenvalue weighted by Crippen LogP contribution is -2.43. The maximum atomic E-state index is 13.8. The molecule has 212 valence electrons. The largest absolute Gasteiger partial charge is 0.508 e. The van der Waals surface area contributed by atoms with Gasteiger partial charge in [-0.15, -0.1) is 0 Å². The molecule has 0 aliphatic heterocycles. The summed E-state index contributed by atoms with van der Waals surface area (Å²) in [7, 11) is -1.09. The summed E-state index contributed by atoms with van der Waals surface area (Å²) in [5.41, 5.74) is 3.75. The summed E-state index contributed by atoms with van der Waals surface area (Å²) in [5, 5.41) is 0. The van der Waals surface area contributed by atoms with E-state index in [2.05, 4.69) is 4.74 Å². The lowest BCUT2D eigenvalue weighted by atomic mass is 10.0. The molecule has 3 rings (SSSR count). The fourth-order valence-electron chi connectivity index (χ4n) is 4.03. The summed E-state index contributed by atoms with van der Waals surface area (Å²) in [5.74, 6) is -0.537. The van der Waals surface area contributed by atoms with Gasteiger partial charge >= 0.3 is 6.16 Å². The van der Waals surface area contributed by atoms with Crippen molar-refractivity contribution in [2.24, 2.45) is 0 Å². The molecule has 3 aromatic carbocycles. The minimum atomic E-state index is -3.89. The molecule has 0 unspecified atom stereocenters. The van der Waals surface area contributed by atoms with Crippen LogP contribution in [0.25, 0.3) is 0 Å². The van der Waals surface area contributed by atoms with Crippen molar-refractivity contribution < 1.29 is 32.2 Å². The van der Waals surface area contributed by atoms with Crippen molar-refractivity contribution >= 4 is 21.9 Å². The van der Waals surface area contributed by atoms with E-state index in [0.717, 1.165) is 22.3 Å². The zero-order chi connectivity index (χ0) is 29.1. The molecule has 0 aliphatic rings. The lowest BCUT2D eigenvalue weighted by molar-refractivity contribution is -0.130. The molecule has 0 spiro atoms. The number of carbonyl (C=O) groups is 2. The van der Waals surface area contributed by atoms with Gasteiger partial charge in [-0.1, -0.05) is 65.7 Å². The Bertz CT molecular complexity index is 1400. The number of sulfone groups is 1. The molecule has 0 aromatic heterocycles. The fourth-order valence-corrected chi connectivity index (χ4v) is 5.24.